The highest BCUT2D eigenvalue weighted by atomic mass is 16.1. The maximum Gasteiger partial charge on any atom is 0.285 e. The van der Waals surface area contributed by atoms with Gasteiger partial charge in [0.15, 0.2) is 0 Å². The van der Waals surface area contributed by atoms with Crippen molar-refractivity contribution in [3.63, 3.8) is 0 Å². The van der Waals surface area contributed by atoms with Crippen molar-refractivity contribution in [3.05, 3.63) is 28.2 Å². The quantitative estimate of drug-likeness (QED) is 0.548. The summed E-state index contributed by atoms with van der Waals surface area (Å²) in [5, 5.41) is 3.56. The molecule has 0 bridgehead atoms. The summed E-state index contributed by atoms with van der Waals surface area (Å²) >= 11 is 0. The van der Waals surface area contributed by atoms with Crippen LogP contribution in [0, 0.1) is 6.92 Å². The van der Waals surface area contributed by atoms with E-state index in [1.807, 2.05) is 13.8 Å². The van der Waals surface area contributed by atoms with Gasteiger partial charge in [0.05, 0.1) is 6.20 Å². The Bertz CT molecular complexity index is 267. The lowest BCUT2D eigenvalue weighted by Gasteiger charge is -1.92. The van der Waals surface area contributed by atoms with E-state index in [1.165, 1.54) is 12.3 Å². The second-order valence-electron chi connectivity index (χ2n) is 1.82. The van der Waals surface area contributed by atoms with Crippen molar-refractivity contribution >= 4 is 0 Å². The molecule has 0 aliphatic heterocycles. The highest BCUT2D eigenvalue weighted by Gasteiger charge is 1.88. The van der Waals surface area contributed by atoms with E-state index in [-0.39, 0.29) is 5.56 Å². The van der Waals surface area contributed by atoms with E-state index in [9.17, 15) is 4.79 Å². The lowest BCUT2D eigenvalue weighted by Crippen LogP contribution is -2.28. The van der Waals surface area contributed by atoms with Gasteiger partial charge in [0.1, 0.15) is 0 Å². The fourth-order valence-electron chi connectivity index (χ4n) is 0.508. The van der Waals surface area contributed by atoms with Crippen molar-refractivity contribution < 1.29 is 0 Å². The molecule has 0 aromatic carbocycles. The molecular weight excluding hydrogens is 142 g/mol. The number of nitrogen functional groups attached to an aromatic ring is 1. The van der Waals surface area contributed by atoms with Gasteiger partial charge in [0.2, 0.25) is 0 Å². The van der Waals surface area contributed by atoms with E-state index in [4.69, 9.17) is 5.84 Å². The summed E-state index contributed by atoms with van der Waals surface area (Å²) in [6.45, 7) is 5.79. The monoisotopic (exact) mass is 155 g/mol. The van der Waals surface area contributed by atoms with Crippen LogP contribution in [0.1, 0.15) is 19.4 Å². The first kappa shape index (κ1) is 9.68. The third kappa shape index (κ3) is 2.84. The first-order chi connectivity index (χ1) is 5.20. The average molecular weight is 155 g/mol. The van der Waals surface area contributed by atoms with Gasteiger partial charge in [-0.25, -0.2) is 0 Å². The highest BCUT2D eigenvalue weighted by molar-refractivity contribution is 5.02. The molecule has 1 rings (SSSR count). The zero-order valence-electron chi connectivity index (χ0n) is 7.03. The molecule has 0 fully saturated rings. The minimum atomic E-state index is -0.282. The van der Waals surface area contributed by atoms with Gasteiger partial charge in [0, 0.05) is 6.07 Å². The van der Waals surface area contributed by atoms with Crippen LogP contribution in [-0.4, -0.2) is 9.89 Å². The van der Waals surface area contributed by atoms with Crippen LogP contribution in [0.5, 0.6) is 0 Å². The van der Waals surface area contributed by atoms with E-state index in [0.717, 1.165) is 10.4 Å². The summed E-state index contributed by atoms with van der Waals surface area (Å²) in [6, 6.07) is 1.42. The summed E-state index contributed by atoms with van der Waals surface area (Å²) in [5.74, 6) is 5.08. The summed E-state index contributed by atoms with van der Waals surface area (Å²) in [7, 11) is 0. The van der Waals surface area contributed by atoms with E-state index < -0.39 is 0 Å². The molecule has 2 N–H and O–H groups in total. The lowest BCUT2D eigenvalue weighted by atomic mass is 10.4. The molecule has 62 valence electrons. The molecule has 1 heterocycles. The Morgan fingerprint density at radius 2 is 2.09 bits per heavy atom. The minimum Gasteiger partial charge on any atom is -0.320 e. The van der Waals surface area contributed by atoms with Crippen LogP contribution in [0.25, 0.3) is 0 Å². The fourth-order valence-corrected chi connectivity index (χ4v) is 0.508. The largest absolute Gasteiger partial charge is 0.320 e. The first-order valence-corrected chi connectivity index (χ1v) is 3.51. The van der Waals surface area contributed by atoms with Crippen LogP contribution in [-0.2, 0) is 0 Å². The van der Waals surface area contributed by atoms with Gasteiger partial charge < -0.3 is 5.84 Å². The molecule has 1 aromatic rings. The predicted molar refractivity (Wildman–Crippen MR) is 44.7 cm³/mol. The molecule has 0 aliphatic carbocycles. The van der Waals surface area contributed by atoms with Crippen LogP contribution in [0.2, 0.25) is 0 Å². The number of hydrogen-bond donors (Lipinski definition) is 1. The number of rotatable bonds is 0. The van der Waals surface area contributed by atoms with Crippen molar-refractivity contribution in [2.45, 2.75) is 20.8 Å². The third-order valence-corrected chi connectivity index (χ3v) is 0.963. The van der Waals surface area contributed by atoms with E-state index in [2.05, 4.69) is 5.10 Å². The van der Waals surface area contributed by atoms with Crippen molar-refractivity contribution in [2.24, 2.45) is 0 Å². The van der Waals surface area contributed by atoms with Gasteiger partial charge in [-0.2, -0.15) is 5.10 Å². The molecule has 4 nitrogen and oxygen atoms in total. The van der Waals surface area contributed by atoms with Gasteiger partial charge in [-0.15, -0.1) is 4.79 Å². The van der Waals surface area contributed by atoms with Crippen molar-refractivity contribution in [2.75, 3.05) is 5.84 Å². The van der Waals surface area contributed by atoms with Crippen LogP contribution in [0.3, 0.4) is 0 Å². The average Bonchev–Trinajstić information content (AvgIpc) is 2.02. The summed E-state index contributed by atoms with van der Waals surface area (Å²) in [5.41, 5.74) is 0.539. The van der Waals surface area contributed by atoms with Gasteiger partial charge in [0.25, 0.3) is 5.56 Å². The molecule has 0 atom stereocenters. The van der Waals surface area contributed by atoms with Crippen molar-refractivity contribution in [3.8, 4) is 0 Å². The number of nitrogens with two attached hydrogens (primary N) is 1. The third-order valence-electron chi connectivity index (χ3n) is 0.963. The fraction of sp³-hybridized carbons (Fsp3) is 0.429. The molecule has 0 saturated carbocycles. The minimum absolute atomic E-state index is 0.282. The second kappa shape index (κ2) is 4.49. The SMILES string of the molecule is CC.Cc1cnn(N)c(=O)c1. The summed E-state index contributed by atoms with van der Waals surface area (Å²) in [6.07, 6.45) is 1.53. The molecule has 0 saturated heterocycles. The first-order valence-electron chi connectivity index (χ1n) is 3.51. The zero-order valence-corrected chi connectivity index (χ0v) is 7.03. The summed E-state index contributed by atoms with van der Waals surface area (Å²) in [4.78, 5) is 11.4. The maximum atomic E-state index is 10.6. The predicted octanol–water partition coefficient (Wildman–Crippen LogP) is 0.292. The summed E-state index contributed by atoms with van der Waals surface area (Å²) < 4.78 is 0. The highest BCUT2D eigenvalue weighted by Crippen LogP contribution is 1.82. The Labute approximate surface area is 65.6 Å². The van der Waals surface area contributed by atoms with Gasteiger partial charge in [-0.05, 0) is 12.5 Å². The Balaban J connectivity index is 0.000000461. The van der Waals surface area contributed by atoms with E-state index in [0.29, 0.717) is 0 Å². The Hall–Kier alpha value is -1.32. The molecule has 1 aromatic heterocycles. The molecule has 0 aliphatic rings. The van der Waals surface area contributed by atoms with Crippen LogP contribution < -0.4 is 11.4 Å². The molecule has 0 spiro atoms. The van der Waals surface area contributed by atoms with E-state index in [1.54, 1.807) is 6.92 Å². The number of nitrogens with zero attached hydrogens (tertiary/aromatic N) is 2. The Morgan fingerprint density at radius 3 is 2.45 bits per heavy atom. The topological polar surface area (TPSA) is 60.9 Å². The number of hydrogen-bond acceptors (Lipinski definition) is 3. The number of aromatic nitrogens is 2. The van der Waals surface area contributed by atoms with E-state index >= 15 is 0 Å². The van der Waals surface area contributed by atoms with Gasteiger partial charge >= 0.3 is 0 Å². The van der Waals surface area contributed by atoms with Gasteiger partial charge in [-0.3, -0.25) is 4.79 Å². The maximum absolute atomic E-state index is 10.6. The number of aryl methyl sites for hydroxylation is 1. The lowest BCUT2D eigenvalue weighted by molar-refractivity contribution is 0.758. The van der Waals surface area contributed by atoms with Crippen LogP contribution in [0.15, 0.2) is 17.1 Å². The molecule has 0 unspecified atom stereocenters. The second-order valence-corrected chi connectivity index (χ2v) is 1.82. The molecule has 11 heavy (non-hydrogen) atoms. The smallest absolute Gasteiger partial charge is 0.285 e. The van der Waals surface area contributed by atoms with Gasteiger partial charge in [-0.1, -0.05) is 13.8 Å². The Morgan fingerprint density at radius 1 is 1.55 bits per heavy atom. The molecule has 4 heteroatoms. The van der Waals surface area contributed by atoms with Crippen molar-refractivity contribution in [1.29, 1.82) is 0 Å². The van der Waals surface area contributed by atoms with Crippen molar-refractivity contribution in [1.82, 2.24) is 9.89 Å². The zero-order chi connectivity index (χ0) is 8.85. The normalized spacial score (nSPS) is 8.27. The van der Waals surface area contributed by atoms with Crippen LogP contribution >= 0.6 is 0 Å². The Kier molecular flexibility index (Phi) is 3.95. The molecular formula is C7H13N3O. The standard InChI is InChI=1S/C5H7N3O.C2H6/c1-4-2-5(9)8(6)7-3-4;1-2/h2-3H,6H2,1H3;1-2H3. The molecule has 0 amide bonds. The van der Waals surface area contributed by atoms with Crippen LogP contribution in [0.4, 0.5) is 0 Å². The molecule has 0 radical (unpaired) electrons.